The minimum atomic E-state index is -0.685. The van der Waals surface area contributed by atoms with Gasteiger partial charge >= 0.3 is 0 Å². The van der Waals surface area contributed by atoms with Gasteiger partial charge in [0.1, 0.15) is 11.9 Å². The van der Waals surface area contributed by atoms with E-state index in [4.69, 9.17) is 15.2 Å². The lowest BCUT2D eigenvalue weighted by atomic mass is 10.0. The molecule has 3 aromatic carbocycles. The number of aromatic nitrogens is 1. The third-order valence-corrected chi connectivity index (χ3v) is 5.99. The first-order chi connectivity index (χ1) is 17.9. The zero-order valence-corrected chi connectivity index (χ0v) is 21.7. The van der Waals surface area contributed by atoms with Crippen LogP contribution in [0.4, 0.5) is 11.5 Å². The molecule has 0 spiro atoms. The fraction of sp³-hybridized carbons (Fsp3) is 0.267. The first kappa shape index (κ1) is 25.8. The number of pyridine rings is 1. The summed E-state index contributed by atoms with van der Waals surface area (Å²) in [6.45, 7) is 8.31. The molecule has 2 atom stereocenters. The maximum Gasteiger partial charge on any atom is 0.247 e. The number of ether oxygens (including phenoxy) is 2. The third kappa shape index (κ3) is 6.30. The monoisotopic (exact) mass is 498 g/mol. The van der Waals surface area contributed by atoms with Gasteiger partial charge in [-0.15, -0.1) is 0 Å². The molecule has 4 N–H and O–H groups in total. The second kappa shape index (κ2) is 11.6. The Labute approximate surface area is 218 Å². The largest absolute Gasteiger partial charge is 0.490 e. The van der Waals surface area contributed by atoms with Crippen LogP contribution in [-0.4, -0.2) is 23.6 Å². The Kier molecular flexibility index (Phi) is 8.13. The summed E-state index contributed by atoms with van der Waals surface area (Å²) < 4.78 is 11.8. The molecule has 4 aromatic rings. The molecule has 7 heteroatoms. The molecule has 7 nitrogen and oxygen atoms in total. The summed E-state index contributed by atoms with van der Waals surface area (Å²) in [6.07, 6.45) is 1.67. The first-order valence-electron chi connectivity index (χ1n) is 12.5. The fourth-order valence-electron chi connectivity index (χ4n) is 4.20. The van der Waals surface area contributed by atoms with Gasteiger partial charge < -0.3 is 25.8 Å². The Morgan fingerprint density at radius 2 is 1.73 bits per heavy atom. The van der Waals surface area contributed by atoms with Gasteiger partial charge in [0, 0.05) is 17.3 Å². The number of nitrogens with zero attached hydrogens (tertiary/aromatic N) is 1. The molecule has 4 rings (SSSR count). The highest BCUT2D eigenvalue weighted by molar-refractivity contribution is 5.94. The van der Waals surface area contributed by atoms with Crippen LogP contribution in [0.1, 0.15) is 50.9 Å². The van der Waals surface area contributed by atoms with Crippen LogP contribution >= 0.6 is 0 Å². The maximum atomic E-state index is 13.7. The topological polar surface area (TPSA) is 98.5 Å². The van der Waals surface area contributed by atoms with Gasteiger partial charge in [-0.2, -0.15) is 0 Å². The van der Waals surface area contributed by atoms with Crippen molar-refractivity contribution in [1.82, 2.24) is 10.3 Å². The van der Waals surface area contributed by atoms with Crippen LogP contribution in [0.25, 0.3) is 10.8 Å². The summed E-state index contributed by atoms with van der Waals surface area (Å²) in [6, 6.07) is 22.3. The molecule has 37 heavy (non-hydrogen) atoms. The highest BCUT2D eigenvalue weighted by Gasteiger charge is 2.24. The maximum absolute atomic E-state index is 13.7. The molecule has 1 amide bonds. The smallest absolute Gasteiger partial charge is 0.247 e. The Morgan fingerprint density at radius 3 is 2.46 bits per heavy atom. The van der Waals surface area contributed by atoms with Crippen LogP contribution in [0.5, 0.6) is 11.5 Å². The van der Waals surface area contributed by atoms with Crippen LogP contribution < -0.4 is 25.8 Å². The summed E-state index contributed by atoms with van der Waals surface area (Å²) in [5.74, 6) is 1.55. The number of carbonyl (C=O) groups is 1. The lowest BCUT2D eigenvalue weighted by Gasteiger charge is -2.24. The van der Waals surface area contributed by atoms with Crippen molar-refractivity contribution in [2.24, 2.45) is 0 Å². The molecule has 0 aliphatic heterocycles. The van der Waals surface area contributed by atoms with E-state index < -0.39 is 6.04 Å². The van der Waals surface area contributed by atoms with Gasteiger partial charge in [0.2, 0.25) is 5.91 Å². The SMILES string of the molecule is CCOc1cc(C(Nc2ccc3c(N)nccc3c2)C(=O)N[C@H](C)c2ccccc2)ccc1OC(C)C. The van der Waals surface area contributed by atoms with Gasteiger partial charge in [-0.3, -0.25) is 4.79 Å². The van der Waals surface area contributed by atoms with Crippen LogP contribution in [0.15, 0.2) is 79.0 Å². The standard InChI is InChI=1S/C30H34N4O3/c1-5-36-27-18-23(11-14-26(27)37-19(2)3)28(30(35)33-20(4)21-9-7-6-8-10-21)34-24-12-13-25-22(17-24)15-16-32-29(25)31/h6-20,28,34H,5H2,1-4H3,(H2,31,32)(H,33,35)/t20-,28?/m1/s1. The first-order valence-corrected chi connectivity index (χ1v) is 12.5. The summed E-state index contributed by atoms with van der Waals surface area (Å²) in [5, 5.41) is 8.38. The number of hydrogen-bond acceptors (Lipinski definition) is 6. The number of nitrogens with two attached hydrogens (primary N) is 1. The van der Waals surface area contributed by atoms with Gasteiger partial charge in [0.05, 0.1) is 18.8 Å². The molecule has 0 radical (unpaired) electrons. The predicted molar refractivity (Wildman–Crippen MR) is 149 cm³/mol. The Bertz CT molecular complexity index is 1360. The molecule has 0 saturated heterocycles. The van der Waals surface area contributed by atoms with E-state index in [0.717, 1.165) is 27.6 Å². The Balaban J connectivity index is 1.69. The molecule has 0 aliphatic rings. The second-order valence-electron chi connectivity index (χ2n) is 9.16. The minimum Gasteiger partial charge on any atom is -0.490 e. The van der Waals surface area contributed by atoms with Crippen molar-refractivity contribution < 1.29 is 14.3 Å². The van der Waals surface area contributed by atoms with Crippen molar-refractivity contribution in [1.29, 1.82) is 0 Å². The number of nitrogens with one attached hydrogen (secondary N) is 2. The molecule has 0 fully saturated rings. The molecule has 192 valence electrons. The molecule has 0 aliphatic carbocycles. The van der Waals surface area contributed by atoms with Gasteiger partial charge in [-0.25, -0.2) is 4.98 Å². The fourth-order valence-corrected chi connectivity index (χ4v) is 4.20. The van der Waals surface area contributed by atoms with E-state index in [1.165, 1.54) is 0 Å². The second-order valence-corrected chi connectivity index (χ2v) is 9.16. The number of fused-ring (bicyclic) bond motifs is 1. The summed E-state index contributed by atoms with van der Waals surface area (Å²) >= 11 is 0. The summed E-state index contributed by atoms with van der Waals surface area (Å²) in [7, 11) is 0. The molecule has 1 unspecified atom stereocenters. The molecule has 0 saturated carbocycles. The van der Waals surface area contributed by atoms with E-state index in [9.17, 15) is 4.79 Å². The normalized spacial score (nSPS) is 12.7. The van der Waals surface area contributed by atoms with Crippen molar-refractivity contribution in [3.63, 3.8) is 0 Å². The van der Waals surface area contributed by atoms with Gasteiger partial charge in [-0.1, -0.05) is 36.4 Å². The van der Waals surface area contributed by atoms with Crippen LogP contribution in [0.3, 0.4) is 0 Å². The van der Waals surface area contributed by atoms with Crippen molar-refractivity contribution in [2.75, 3.05) is 17.7 Å². The van der Waals surface area contributed by atoms with E-state index >= 15 is 0 Å². The average Bonchev–Trinajstić information content (AvgIpc) is 2.89. The highest BCUT2D eigenvalue weighted by Crippen LogP contribution is 2.34. The predicted octanol–water partition coefficient (Wildman–Crippen LogP) is 6.03. The quantitative estimate of drug-likeness (QED) is 0.247. The van der Waals surface area contributed by atoms with Crippen LogP contribution in [-0.2, 0) is 4.79 Å². The number of nitrogen functional groups attached to an aromatic ring is 1. The number of hydrogen-bond donors (Lipinski definition) is 3. The lowest BCUT2D eigenvalue weighted by molar-refractivity contribution is -0.122. The van der Waals surface area contributed by atoms with E-state index in [1.807, 2.05) is 100 Å². The van der Waals surface area contributed by atoms with Crippen LogP contribution in [0, 0.1) is 0 Å². The number of rotatable bonds is 10. The van der Waals surface area contributed by atoms with Crippen molar-refractivity contribution in [2.45, 2.75) is 45.9 Å². The van der Waals surface area contributed by atoms with Crippen molar-refractivity contribution in [3.05, 3.63) is 90.1 Å². The number of amides is 1. The zero-order valence-electron chi connectivity index (χ0n) is 21.7. The lowest BCUT2D eigenvalue weighted by Crippen LogP contribution is -2.35. The summed E-state index contributed by atoms with van der Waals surface area (Å²) in [4.78, 5) is 17.9. The summed E-state index contributed by atoms with van der Waals surface area (Å²) in [5.41, 5.74) is 8.60. The minimum absolute atomic E-state index is 0.00600. The number of carbonyl (C=O) groups excluding carboxylic acids is 1. The molecule has 0 bridgehead atoms. The average molecular weight is 499 g/mol. The Hall–Kier alpha value is -4.26. The number of benzene rings is 3. The van der Waals surface area contributed by atoms with E-state index in [0.29, 0.717) is 23.9 Å². The van der Waals surface area contributed by atoms with Crippen molar-refractivity contribution in [3.8, 4) is 11.5 Å². The van der Waals surface area contributed by atoms with Gasteiger partial charge in [0.25, 0.3) is 0 Å². The molecule has 1 aromatic heterocycles. The molecular weight excluding hydrogens is 464 g/mol. The van der Waals surface area contributed by atoms with Gasteiger partial charge in [-0.05, 0) is 80.6 Å². The van der Waals surface area contributed by atoms with E-state index in [-0.39, 0.29) is 18.1 Å². The van der Waals surface area contributed by atoms with E-state index in [2.05, 4.69) is 15.6 Å². The number of anilines is 2. The Morgan fingerprint density at radius 1 is 0.946 bits per heavy atom. The van der Waals surface area contributed by atoms with E-state index in [1.54, 1.807) is 6.20 Å². The molecule has 1 heterocycles. The highest BCUT2D eigenvalue weighted by atomic mass is 16.5. The van der Waals surface area contributed by atoms with Gasteiger partial charge in [0.15, 0.2) is 11.5 Å². The van der Waals surface area contributed by atoms with Crippen LogP contribution in [0.2, 0.25) is 0 Å². The third-order valence-electron chi connectivity index (χ3n) is 5.99. The zero-order chi connectivity index (χ0) is 26.4. The van der Waals surface area contributed by atoms with Crippen molar-refractivity contribution >= 4 is 28.2 Å². The molecular formula is C30H34N4O3.